The van der Waals surface area contributed by atoms with Gasteiger partial charge in [-0.3, -0.25) is 0 Å². The molecular formula is C11H24B2. The van der Waals surface area contributed by atoms with Crippen molar-refractivity contribution in [2.45, 2.75) is 51.7 Å². The lowest BCUT2D eigenvalue weighted by Gasteiger charge is -2.39. The summed E-state index contributed by atoms with van der Waals surface area (Å²) in [5, 5.41) is 0.554. The van der Waals surface area contributed by atoms with Crippen molar-refractivity contribution in [3.8, 4) is 0 Å². The second-order valence-corrected chi connectivity index (χ2v) is 5.92. The van der Waals surface area contributed by atoms with Crippen LogP contribution in [0.5, 0.6) is 0 Å². The van der Waals surface area contributed by atoms with Gasteiger partial charge in [-0.05, 0) is 31.1 Å². The molecule has 0 aromatic carbocycles. The maximum Gasteiger partial charge on any atom is 0.0995 e. The first-order chi connectivity index (χ1) is 5.95. The summed E-state index contributed by atoms with van der Waals surface area (Å²) in [6.07, 6.45) is 5.76. The Kier molecular flexibility index (Phi) is 3.54. The van der Waals surface area contributed by atoms with Gasteiger partial charge in [-0.25, -0.2) is 0 Å². The van der Waals surface area contributed by atoms with Gasteiger partial charge in [0.25, 0.3) is 0 Å². The van der Waals surface area contributed by atoms with E-state index in [0.717, 1.165) is 17.8 Å². The van der Waals surface area contributed by atoms with Gasteiger partial charge in [0.1, 0.15) is 0 Å². The van der Waals surface area contributed by atoms with E-state index in [1.54, 1.807) is 0 Å². The van der Waals surface area contributed by atoms with E-state index in [1.165, 1.54) is 25.7 Å². The van der Waals surface area contributed by atoms with Gasteiger partial charge < -0.3 is 0 Å². The molecule has 1 unspecified atom stereocenters. The Hall–Kier alpha value is 0.130. The number of rotatable bonds is 4. The molecule has 0 bridgehead atoms. The van der Waals surface area contributed by atoms with E-state index in [4.69, 9.17) is 0 Å². The minimum absolute atomic E-state index is 0.554. The van der Waals surface area contributed by atoms with Crippen molar-refractivity contribution in [3.05, 3.63) is 0 Å². The van der Waals surface area contributed by atoms with Crippen molar-refractivity contribution >= 4 is 15.7 Å². The van der Waals surface area contributed by atoms with Gasteiger partial charge in [-0.1, -0.05) is 38.3 Å². The fourth-order valence-corrected chi connectivity index (χ4v) is 2.43. The second kappa shape index (κ2) is 4.11. The molecular weight excluding hydrogens is 154 g/mol. The zero-order chi connectivity index (χ0) is 10.1. The summed E-state index contributed by atoms with van der Waals surface area (Å²) in [6, 6.07) is 0. The molecule has 1 atom stereocenters. The normalized spacial score (nSPS) is 31.0. The van der Waals surface area contributed by atoms with E-state index in [2.05, 4.69) is 36.5 Å². The van der Waals surface area contributed by atoms with Crippen molar-refractivity contribution in [2.75, 3.05) is 0 Å². The van der Waals surface area contributed by atoms with Crippen LogP contribution in [0.1, 0.15) is 46.5 Å². The van der Waals surface area contributed by atoms with Gasteiger partial charge in [0.15, 0.2) is 0 Å². The van der Waals surface area contributed by atoms with Gasteiger partial charge in [-0.2, -0.15) is 0 Å². The van der Waals surface area contributed by atoms with Crippen molar-refractivity contribution in [1.82, 2.24) is 0 Å². The fraction of sp³-hybridized carbons (Fsp3) is 1.00. The van der Waals surface area contributed by atoms with E-state index in [0.29, 0.717) is 5.21 Å². The van der Waals surface area contributed by atoms with E-state index in [-0.39, 0.29) is 0 Å². The van der Waals surface area contributed by atoms with E-state index < -0.39 is 0 Å². The minimum Gasteiger partial charge on any atom is -0.0823 e. The predicted molar refractivity (Wildman–Crippen MR) is 65.7 cm³/mol. The van der Waals surface area contributed by atoms with Crippen molar-refractivity contribution in [1.29, 1.82) is 0 Å². The molecule has 0 radical (unpaired) electrons. The summed E-state index contributed by atoms with van der Waals surface area (Å²) < 4.78 is 0. The molecule has 0 aromatic rings. The first-order valence-electron chi connectivity index (χ1n) is 5.95. The molecule has 1 fully saturated rings. The molecule has 0 aliphatic heterocycles. The van der Waals surface area contributed by atoms with Crippen LogP contribution in [0.4, 0.5) is 0 Å². The third-order valence-electron chi connectivity index (χ3n) is 4.40. The summed E-state index contributed by atoms with van der Waals surface area (Å²) in [5.74, 6) is 2.97. The topological polar surface area (TPSA) is 0 Å². The Morgan fingerprint density at radius 1 is 1.38 bits per heavy atom. The van der Waals surface area contributed by atoms with E-state index in [9.17, 15) is 0 Å². The van der Waals surface area contributed by atoms with Crippen LogP contribution < -0.4 is 0 Å². The van der Waals surface area contributed by atoms with E-state index in [1.807, 2.05) is 0 Å². The maximum atomic E-state index is 2.44. The molecule has 0 N–H and O–H groups in total. The first-order valence-corrected chi connectivity index (χ1v) is 5.95. The molecule has 0 amide bonds. The molecule has 13 heavy (non-hydrogen) atoms. The summed E-state index contributed by atoms with van der Waals surface area (Å²) >= 11 is 0. The molecule has 0 saturated heterocycles. The van der Waals surface area contributed by atoms with Gasteiger partial charge in [0.2, 0.25) is 0 Å². The Labute approximate surface area is 85.7 Å². The highest BCUT2D eigenvalue weighted by atomic mass is 14.3. The molecule has 0 nitrogen and oxygen atoms in total. The molecule has 2 heteroatoms. The van der Waals surface area contributed by atoms with Crippen LogP contribution in [0.3, 0.4) is 0 Å². The maximum absolute atomic E-state index is 2.44. The molecule has 74 valence electrons. The summed E-state index contributed by atoms with van der Waals surface area (Å²) in [6.45, 7) is 7.14. The summed E-state index contributed by atoms with van der Waals surface area (Å²) in [5.41, 5.74) is 0. The standard InChI is InChI=1S/C11H24B2/c1-4-11(12,13)9(3)7-10-5-8(2)6-10/h8-10H,4-7,12-13H2,1-3H3. The van der Waals surface area contributed by atoms with Gasteiger partial charge >= 0.3 is 0 Å². The quantitative estimate of drug-likeness (QED) is 0.576. The van der Waals surface area contributed by atoms with Gasteiger partial charge in [0, 0.05) is 0 Å². The lowest BCUT2D eigenvalue weighted by molar-refractivity contribution is 0.170. The summed E-state index contributed by atoms with van der Waals surface area (Å²) in [7, 11) is 4.83. The molecule has 0 spiro atoms. The van der Waals surface area contributed by atoms with Crippen molar-refractivity contribution < 1.29 is 0 Å². The Balaban J connectivity index is 2.28. The van der Waals surface area contributed by atoms with E-state index >= 15 is 0 Å². The SMILES string of the molecule is BC(B)(CC)C(C)CC1CC(C)C1. The van der Waals surface area contributed by atoms with Crippen LogP contribution in [-0.4, -0.2) is 15.7 Å². The smallest absolute Gasteiger partial charge is 0.0823 e. The van der Waals surface area contributed by atoms with Crippen LogP contribution >= 0.6 is 0 Å². The molecule has 0 heterocycles. The average molecular weight is 178 g/mol. The highest BCUT2D eigenvalue weighted by Crippen LogP contribution is 2.43. The van der Waals surface area contributed by atoms with Gasteiger partial charge in [0.05, 0.1) is 15.7 Å². The molecule has 1 saturated carbocycles. The van der Waals surface area contributed by atoms with Crippen LogP contribution in [0.15, 0.2) is 0 Å². The third-order valence-corrected chi connectivity index (χ3v) is 4.40. The highest BCUT2D eigenvalue weighted by molar-refractivity contribution is 6.39. The number of hydrogen-bond acceptors (Lipinski definition) is 0. The average Bonchev–Trinajstić information content (AvgIpc) is 2.01. The Morgan fingerprint density at radius 3 is 2.31 bits per heavy atom. The zero-order valence-corrected chi connectivity index (χ0v) is 10.1. The number of hydrogen-bond donors (Lipinski definition) is 0. The molecule has 1 rings (SSSR count). The summed E-state index contributed by atoms with van der Waals surface area (Å²) in [4.78, 5) is 0. The molecule has 1 aliphatic carbocycles. The lowest BCUT2D eigenvalue weighted by Crippen LogP contribution is -2.28. The second-order valence-electron chi connectivity index (χ2n) is 5.92. The lowest BCUT2D eigenvalue weighted by atomic mass is 9.46. The molecule has 1 aliphatic rings. The van der Waals surface area contributed by atoms with Crippen LogP contribution in [0, 0.1) is 17.8 Å². The Morgan fingerprint density at radius 2 is 1.92 bits per heavy atom. The minimum atomic E-state index is 0.554. The fourth-order valence-electron chi connectivity index (χ4n) is 2.43. The largest absolute Gasteiger partial charge is 0.0995 e. The van der Waals surface area contributed by atoms with Crippen LogP contribution in [-0.2, 0) is 0 Å². The monoisotopic (exact) mass is 178 g/mol. The first kappa shape index (κ1) is 11.2. The Bertz CT molecular complexity index is 159. The van der Waals surface area contributed by atoms with Crippen LogP contribution in [0.2, 0.25) is 5.21 Å². The van der Waals surface area contributed by atoms with Crippen molar-refractivity contribution in [2.24, 2.45) is 17.8 Å². The zero-order valence-electron chi connectivity index (χ0n) is 10.1. The van der Waals surface area contributed by atoms with Gasteiger partial charge in [-0.15, -0.1) is 0 Å². The third kappa shape index (κ3) is 2.79. The molecule has 0 aromatic heterocycles. The highest BCUT2D eigenvalue weighted by Gasteiger charge is 2.31. The van der Waals surface area contributed by atoms with Crippen molar-refractivity contribution in [3.63, 3.8) is 0 Å². The predicted octanol–water partition coefficient (Wildman–Crippen LogP) is 1.85. The van der Waals surface area contributed by atoms with Crippen LogP contribution in [0.25, 0.3) is 0 Å².